The van der Waals surface area contributed by atoms with E-state index in [0.29, 0.717) is 6.54 Å². The van der Waals surface area contributed by atoms with Gasteiger partial charge in [-0.3, -0.25) is 4.79 Å². The highest BCUT2D eigenvalue weighted by atomic mass is 79.9. The number of likely N-dealkylation sites (N-methyl/N-ethyl adjacent to an activating group) is 1. The van der Waals surface area contributed by atoms with E-state index >= 15 is 0 Å². The van der Waals surface area contributed by atoms with Crippen LogP contribution in [-0.2, 0) is 11.3 Å². The minimum Gasteiger partial charge on any atom is -0.337 e. The Morgan fingerprint density at radius 3 is 2.89 bits per heavy atom. The van der Waals surface area contributed by atoms with E-state index in [1.165, 1.54) is 17.7 Å². The van der Waals surface area contributed by atoms with Crippen molar-refractivity contribution in [2.45, 2.75) is 26.3 Å². The second-order valence-electron chi connectivity index (χ2n) is 4.69. The van der Waals surface area contributed by atoms with E-state index in [-0.39, 0.29) is 5.91 Å². The lowest BCUT2D eigenvalue weighted by atomic mass is 10.3. The highest BCUT2D eigenvalue weighted by Crippen LogP contribution is 2.27. The number of hydrogen-bond acceptors (Lipinski definition) is 3. The number of nitrogens with one attached hydrogen (secondary N) is 1. The molecular formula is C13H19BrN2OS. The molecule has 2 rings (SSSR count). The molecule has 0 radical (unpaired) electrons. The second kappa shape index (κ2) is 6.68. The number of halogens is 1. The topological polar surface area (TPSA) is 32.3 Å². The molecule has 0 saturated heterocycles. The molecule has 1 N–H and O–H groups in total. The second-order valence-corrected chi connectivity index (χ2v) is 7.24. The summed E-state index contributed by atoms with van der Waals surface area (Å²) in [5, 5.41) is 3.26. The number of carbonyl (C=O) groups excluding carboxylic acids is 1. The molecule has 1 amide bonds. The third-order valence-corrected chi connectivity index (χ3v) is 4.72. The zero-order valence-corrected chi connectivity index (χ0v) is 13.0. The molecule has 100 valence electrons. The summed E-state index contributed by atoms with van der Waals surface area (Å²) in [6.45, 7) is 4.97. The monoisotopic (exact) mass is 330 g/mol. The molecule has 1 aliphatic carbocycles. The maximum atomic E-state index is 12.0. The van der Waals surface area contributed by atoms with Crippen LogP contribution in [0.2, 0.25) is 0 Å². The smallest absolute Gasteiger partial charge is 0.236 e. The minimum atomic E-state index is 0.197. The predicted molar refractivity (Wildman–Crippen MR) is 78.7 cm³/mol. The Balaban J connectivity index is 1.77. The van der Waals surface area contributed by atoms with Crippen molar-refractivity contribution in [3.8, 4) is 0 Å². The van der Waals surface area contributed by atoms with Crippen LogP contribution >= 0.6 is 27.3 Å². The van der Waals surface area contributed by atoms with Crippen LogP contribution in [-0.4, -0.2) is 30.4 Å². The summed E-state index contributed by atoms with van der Waals surface area (Å²) >= 11 is 5.14. The van der Waals surface area contributed by atoms with Crippen LogP contribution in [0.15, 0.2) is 15.9 Å². The standard InChI is InChI=1S/C13H19BrN2OS/c1-2-16(9-11-5-6-12(14)18-11)13(17)8-15-7-10-3-4-10/h5-6,10,15H,2-4,7-9H2,1H3. The van der Waals surface area contributed by atoms with Gasteiger partial charge in [-0.05, 0) is 60.3 Å². The van der Waals surface area contributed by atoms with Crippen molar-refractivity contribution >= 4 is 33.2 Å². The quantitative estimate of drug-likeness (QED) is 0.833. The Morgan fingerprint density at radius 2 is 2.33 bits per heavy atom. The number of nitrogens with zero attached hydrogens (tertiary/aromatic N) is 1. The zero-order chi connectivity index (χ0) is 13.0. The Hall–Kier alpha value is -0.390. The lowest BCUT2D eigenvalue weighted by molar-refractivity contribution is -0.130. The molecule has 1 aromatic rings. The SMILES string of the molecule is CCN(Cc1ccc(Br)s1)C(=O)CNCC1CC1. The molecule has 1 saturated carbocycles. The van der Waals surface area contributed by atoms with Crippen molar-refractivity contribution in [3.05, 3.63) is 20.8 Å². The molecule has 0 spiro atoms. The number of amides is 1. The molecule has 0 atom stereocenters. The first kappa shape index (κ1) is 14.0. The molecule has 1 fully saturated rings. The van der Waals surface area contributed by atoms with Crippen LogP contribution < -0.4 is 5.32 Å². The first-order chi connectivity index (χ1) is 8.69. The van der Waals surface area contributed by atoms with Gasteiger partial charge >= 0.3 is 0 Å². The minimum absolute atomic E-state index is 0.197. The normalized spacial score (nSPS) is 14.8. The summed E-state index contributed by atoms with van der Waals surface area (Å²) in [6.07, 6.45) is 2.64. The van der Waals surface area contributed by atoms with Crippen LogP contribution in [0.5, 0.6) is 0 Å². The lowest BCUT2D eigenvalue weighted by Gasteiger charge is -2.20. The molecular weight excluding hydrogens is 312 g/mol. The van der Waals surface area contributed by atoms with Gasteiger partial charge in [0.05, 0.1) is 16.9 Å². The first-order valence-electron chi connectivity index (χ1n) is 6.41. The Kier molecular flexibility index (Phi) is 5.21. The van der Waals surface area contributed by atoms with E-state index in [0.717, 1.165) is 29.3 Å². The summed E-state index contributed by atoms with van der Waals surface area (Å²) in [7, 11) is 0. The third-order valence-electron chi connectivity index (χ3n) is 3.12. The van der Waals surface area contributed by atoms with Crippen molar-refractivity contribution in [1.82, 2.24) is 10.2 Å². The lowest BCUT2D eigenvalue weighted by Crippen LogP contribution is -2.38. The molecule has 1 aliphatic rings. The third kappa shape index (κ3) is 4.37. The van der Waals surface area contributed by atoms with Crippen molar-refractivity contribution in [3.63, 3.8) is 0 Å². The summed E-state index contributed by atoms with van der Waals surface area (Å²) in [5.41, 5.74) is 0. The maximum Gasteiger partial charge on any atom is 0.236 e. The van der Waals surface area contributed by atoms with Gasteiger partial charge in [-0.15, -0.1) is 11.3 Å². The van der Waals surface area contributed by atoms with E-state index in [1.54, 1.807) is 11.3 Å². The van der Waals surface area contributed by atoms with E-state index in [2.05, 4.69) is 27.3 Å². The number of carbonyl (C=O) groups is 1. The average Bonchev–Trinajstić information content (AvgIpc) is 3.08. The van der Waals surface area contributed by atoms with Gasteiger partial charge in [0.2, 0.25) is 5.91 Å². The molecule has 0 aliphatic heterocycles. The summed E-state index contributed by atoms with van der Waals surface area (Å²) in [4.78, 5) is 15.2. The van der Waals surface area contributed by atoms with Gasteiger partial charge in [-0.2, -0.15) is 0 Å². The number of thiophene rings is 1. The van der Waals surface area contributed by atoms with Crippen LogP contribution in [0.25, 0.3) is 0 Å². The van der Waals surface area contributed by atoms with E-state index in [4.69, 9.17) is 0 Å². The fraction of sp³-hybridized carbons (Fsp3) is 0.615. The fourth-order valence-corrected chi connectivity index (χ4v) is 3.32. The van der Waals surface area contributed by atoms with Gasteiger partial charge in [0.1, 0.15) is 0 Å². The zero-order valence-electron chi connectivity index (χ0n) is 10.6. The summed E-state index contributed by atoms with van der Waals surface area (Å²) < 4.78 is 1.12. The van der Waals surface area contributed by atoms with E-state index in [1.807, 2.05) is 17.9 Å². The van der Waals surface area contributed by atoms with Gasteiger partial charge in [0, 0.05) is 11.4 Å². The molecule has 1 aromatic heterocycles. The van der Waals surface area contributed by atoms with Crippen LogP contribution in [0, 0.1) is 5.92 Å². The molecule has 0 unspecified atom stereocenters. The Bertz CT molecular complexity index is 403. The molecule has 0 aromatic carbocycles. The largest absolute Gasteiger partial charge is 0.337 e. The van der Waals surface area contributed by atoms with Gasteiger partial charge in [-0.25, -0.2) is 0 Å². The van der Waals surface area contributed by atoms with Gasteiger partial charge < -0.3 is 10.2 Å². The summed E-state index contributed by atoms with van der Waals surface area (Å²) in [6, 6.07) is 4.10. The Labute approximate surface area is 121 Å². The van der Waals surface area contributed by atoms with E-state index in [9.17, 15) is 4.79 Å². The fourth-order valence-electron chi connectivity index (χ4n) is 1.82. The molecule has 0 bridgehead atoms. The first-order valence-corrected chi connectivity index (χ1v) is 8.02. The molecule has 1 heterocycles. The Morgan fingerprint density at radius 1 is 1.56 bits per heavy atom. The van der Waals surface area contributed by atoms with E-state index < -0.39 is 0 Å². The number of hydrogen-bond donors (Lipinski definition) is 1. The van der Waals surface area contributed by atoms with Crippen molar-refractivity contribution < 1.29 is 4.79 Å². The highest BCUT2D eigenvalue weighted by molar-refractivity contribution is 9.11. The average molecular weight is 331 g/mol. The van der Waals surface area contributed by atoms with Crippen molar-refractivity contribution in [2.75, 3.05) is 19.6 Å². The van der Waals surface area contributed by atoms with Crippen LogP contribution in [0.1, 0.15) is 24.6 Å². The predicted octanol–water partition coefficient (Wildman–Crippen LogP) is 2.86. The van der Waals surface area contributed by atoms with Crippen LogP contribution in [0.3, 0.4) is 0 Å². The number of rotatable bonds is 7. The molecule has 5 heteroatoms. The molecule has 3 nitrogen and oxygen atoms in total. The van der Waals surface area contributed by atoms with Crippen LogP contribution in [0.4, 0.5) is 0 Å². The maximum absolute atomic E-state index is 12.0. The van der Waals surface area contributed by atoms with Gasteiger partial charge in [-0.1, -0.05) is 0 Å². The summed E-state index contributed by atoms with van der Waals surface area (Å²) in [5.74, 6) is 1.02. The van der Waals surface area contributed by atoms with Gasteiger partial charge in [0.25, 0.3) is 0 Å². The highest BCUT2D eigenvalue weighted by Gasteiger charge is 2.21. The molecule has 18 heavy (non-hydrogen) atoms. The van der Waals surface area contributed by atoms with Gasteiger partial charge in [0.15, 0.2) is 0 Å². The van der Waals surface area contributed by atoms with Crippen molar-refractivity contribution in [1.29, 1.82) is 0 Å². The van der Waals surface area contributed by atoms with Crippen molar-refractivity contribution in [2.24, 2.45) is 5.92 Å².